The Hall–Kier alpha value is -1.59. The molecule has 2 rings (SSSR count). The van der Waals surface area contributed by atoms with E-state index >= 15 is 0 Å². The SMILES string of the molecule is C#Cc1cccc(-c2ccc(C)s2)n1.CC.CC. The van der Waals surface area contributed by atoms with Crippen LogP contribution in [0.1, 0.15) is 38.3 Å². The molecule has 2 heteroatoms. The van der Waals surface area contributed by atoms with Crippen LogP contribution < -0.4 is 0 Å². The Morgan fingerprint density at radius 1 is 1.06 bits per heavy atom. The Bertz CT molecular complexity index is 492. The zero-order valence-corrected chi connectivity index (χ0v) is 12.6. The van der Waals surface area contributed by atoms with Crippen molar-refractivity contribution in [2.24, 2.45) is 0 Å². The van der Waals surface area contributed by atoms with Gasteiger partial charge in [-0.1, -0.05) is 39.7 Å². The van der Waals surface area contributed by atoms with Crippen LogP contribution >= 0.6 is 11.3 Å². The molecule has 0 aliphatic rings. The molecule has 0 N–H and O–H groups in total. The summed E-state index contributed by atoms with van der Waals surface area (Å²) in [5.74, 6) is 2.54. The second kappa shape index (κ2) is 9.44. The van der Waals surface area contributed by atoms with Gasteiger partial charge in [0.25, 0.3) is 0 Å². The van der Waals surface area contributed by atoms with Crippen LogP contribution in [-0.4, -0.2) is 4.98 Å². The molecular weight excluding hydrogens is 238 g/mol. The average Bonchev–Trinajstić information content (AvgIpc) is 2.90. The van der Waals surface area contributed by atoms with Crippen LogP contribution in [0.15, 0.2) is 30.3 Å². The van der Waals surface area contributed by atoms with E-state index in [9.17, 15) is 0 Å². The predicted octanol–water partition coefficient (Wildman–Crippen LogP) is 5.15. The number of aryl methyl sites for hydroxylation is 1. The molecule has 0 unspecified atom stereocenters. The van der Waals surface area contributed by atoms with E-state index in [1.807, 2.05) is 45.9 Å². The first-order valence-electron chi connectivity index (χ1n) is 6.30. The lowest BCUT2D eigenvalue weighted by Gasteiger charge is -1.96. The van der Waals surface area contributed by atoms with Crippen molar-refractivity contribution in [1.29, 1.82) is 0 Å². The Morgan fingerprint density at radius 2 is 1.72 bits per heavy atom. The minimum atomic E-state index is 0.688. The van der Waals surface area contributed by atoms with E-state index in [0.717, 1.165) is 5.69 Å². The summed E-state index contributed by atoms with van der Waals surface area (Å²) in [7, 11) is 0. The second-order valence-corrected chi connectivity index (χ2v) is 4.25. The van der Waals surface area contributed by atoms with E-state index < -0.39 is 0 Å². The van der Waals surface area contributed by atoms with Gasteiger partial charge < -0.3 is 0 Å². The molecule has 0 aliphatic heterocycles. The van der Waals surface area contributed by atoms with Gasteiger partial charge in [-0.2, -0.15) is 0 Å². The van der Waals surface area contributed by atoms with Crippen LogP contribution in [0.3, 0.4) is 0 Å². The molecule has 2 aromatic rings. The Labute approximate surface area is 115 Å². The Kier molecular flexibility index (Phi) is 8.61. The van der Waals surface area contributed by atoms with Crippen molar-refractivity contribution in [3.8, 4) is 22.9 Å². The molecule has 0 fully saturated rings. The van der Waals surface area contributed by atoms with Crippen molar-refractivity contribution < 1.29 is 0 Å². The van der Waals surface area contributed by atoms with Gasteiger partial charge in [-0.3, -0.25) is 0 Å². The minimum Gasteiger partial charge on any atom is -0.238 e. The summed E-state index contributed by atoms with van der Waals surface area (Å²) >= 11 is 1.73. The van der Waals surface area contributed by atoms with Crippen molar-refractivity contribution in [3.63, 3.8) is 0 Å². The van der Waals surface area contributed by atoms with Gasteiger partial charge in [0.05, 0.1) is 10.6 Å². The van der Waals surface area contributed by atoms with Crippen LogP contribution in [0.5, 0.6) is 0 Å². The number of thiophene rings is 1. The predicted molar refractivity (Wildman–Crippen MR) is 82.9 cm³/mol. The molecule has 2 heterocycles. The van der Waals surface area contributed by atoms with Gasteiger partial charge in [0, 0.05) is 4.88 Å². The lowest BCUT2D eigenvalue weighted by molar-refractivity contribution is 1.30. The first kappa shape index (κ1) is 16.4. The van der Waals surface area contributed by atoms with Gasteiger partial charge in [-0.25, -0.2) is 4.98 Å². The van der Waals surface area contributed by atoms with Crippen molar-refractivity contribution >= 4 is 11.3 Å². The summed E-state index contributed by atoms with van der Waals surface area (Å²) in [6.07, 6.45) is 5.29. The fraction of sp³-hybridized carbons (Fsp3) is 0.312. The molecule has 0 radical (unpaired) electrons. The van der Waals surface area contributed by atoms with Gasteiger partial charge in [-0.15, -0.1) is 17.8 Å². The van der Waals surface area contributed by atoms with Crippen molar-refractivity contribution in [1.82, 2.24) is 4.98 Å². The number of aromatic nitrogens is 1. The largest absolute Gasteiger partial charge is 0.238 e. The summed E-state index contributed by atoms with van der Waals surface area (Å²) in [5.41, 5.74) is 1.65. The summed E-state index contributed by atoms with van der Waals surface area (Å²) in [6, 6.07) is 9.91. The highest BCUT2D eigenvalue weighted by Gasteiger charge is 2.01. The van der Waals surface area contributed by atoms with Gasteiger partial charge in [0.15, 0.2) is 0 Å². The monoisotopic (exact) mass is 259 g/mol. The third-order valence-electron chi connectivity index (χ3n) is 1.89. The van der Waals surface area contributed by atoms with Gasteiger partial charge in [0.1, 0.15) is 5.69 Å². The first-order chi connectivity index (χ1) is 8.79. The highest BCUT2D eigenvalue weighted by atomic mass is 32.1. The summed E-state index contributed by atoms with van der Waals surface area (Å²) in [5, 5.41) is 0. The van der Waals surface area contributed by atoms with Crippen LogP contribution in [0.4, 0.5) is 0 Å². The molecule has 18 heavy (non-hydrogen) atoms. The molecule has 96 valence electrons. The molecule has 0 amide bonds. The number of nitrogens with zero attached hydrogens (tertiary/aromatic N) is 1. The fourth-order valence-corrected chi connectivity index (χ4v) is 2.06. The molecular formula is C16H21NS. The Balaban J connectivity index is 0.000000659. The van der Waals surface area contributed by atoms with E-state index in [-0.39, 0.29) is 0 Å². The lowest BCUT2D eigenvalue weighted by Crippen LogP contribution is -1.83. The average molecular weight is 259 g/mol. The zero-order chi connectivity index (χ0) is 14.0. The van der Waals surface area contributed by atoms with E-state index in [0.29, 0.717) is 5.69 Å². The maximum atomic E-state index is 5.29. The molecule has 0 bridgehead atoms. The summed E-state index contributed by atoms with van der Waals surface area (Å²) in [4.78, 5) is 6.80. The maximum absolute atomic E-state index is 5.29. The summed E-state index contributed by atoms with van der Waals surface area (Å²) < 4.78 is 0. The minimum absolute atomic E-state index is 0.688. The Morgan fingerprint density at radius 3 is 2.22 bits per heavy atom. The topological polar surface area (TPSA) is 12.9 Å². The number of pyridine rings is 1. The molecule has 0 atom stereocenters. The highest BCUT2D eigenvalue weighted by molar-refractivity contribution is 7.15. The number of rotatable bonds is 1. The molecule has 0 aliphatic carbocycles. The van der Waals surface area contributed by atoms with Gasteiger partial charge >= 0.3 is 0 Å². The van der Waals surface area contributed by atoms with Gasteiger partial charge in [-0.05, 0) is 31.2 Å². The molecule has 1 nitrogen and oxygen atoms in total. The first-order valence-corrected chi connectivity index (χ1v) is 7.12. The quantitative estimate of drug-likeness (QED) is 0.645. The molecule has 0 saturated carbocycles. The fourth-order valence-electron chi connectivity index (χ4n) is 1.22. The standard InChI is InChI=1S/C12H9NS.2C2H6/c1-3-10-5-4-6-11(13-10)12-8-7-9(2)14-12;2*1-2/h1,4-8H,2H3;2*1-2H3. The van der Waals surface area contributed by atoms with Crippen molar-refractivity contribution in [3.05, 3.63) is 40.9 Å². The second-order valence-electron chi connectivity index (χ2n) is 2.96. The maximum Gasteiger partial charge on any atom is 0.113 e. The summed E-state index contributed by atoms with van der Waals surface area (Å²) in [6.45, 7) is 10.1. The molecule has 0 saturated heterocycles. The van der Waals surface area contributed by atoms with Crippen LogP contribution in [0.2, 0.25) is 0 Å². The smallest absolute Gasteiger partial charge is 0.113 e. The number of hydrogen-bond donors (Lipinski definition) is 0. The van der Waals surface area contributed by atoms with Crippen molar-refractivity contribution in [2.75, 3.05) is 0 Å². The number of hydrogen-bond acceptors (Lipinski definition) is 2. The van der Waals surface area contributed by atoms with Crippen LogP contribution in [0, 0.1) is 19.3 Å². The zero-order valence-electron chi connectivity index (χ0n) is 11.8. The third kappa shape index (κ3) is 4.73. The lowest BCUT2D eigenvalue weighted by atomic mass is 10.2. The van der Waals surface area contributed by atoms with Crippen molar-refractivity contribution in [2.45, 2.75) is 34.6 Å². The van der Waals surface area contributed by atoms with E-state index in [1.54, 1.807) is 11.3 Å². The molecule has 0 aromatic carbocycles. The molecule has 0 spiro atoms. The normalized spacial score (nSPS) is 8.22. The van der Waals surface area contributed by atoms with E-state index in [2.05, 4.69) is 30.0 Å². The number of terminal acetylenes is 1. The van der Waals surface area contributed by atoms with Crippen LogP contribution in [-0.2, 0) is 0 Å². The van der Waals surface area contributed by atoms with E-state index in [1.165, 1.54) is 9.75 Å². The molecule has 2 aromatic heterocycles. The van der Waals surface area contributed by atoms with E-state index in [4.69, 9.17) is 6.42 Å². The van der Waals surface area contributed by atoms with Gasteiger partial charge in [0.2, 0.25) is 0 Å². The highest BCUT2D eigenvalue weighted by Crippen LogP contribution is 2.25. The third-order valence-corrected chi connectivity index (χ3v) is 2.91. The van der Waals surface area contributed by atoms with Crippen LogP contribution in [0.25, 0.3) is 10.6 Å².